The molecule has 0 aliphatic heterocycles. The number of ether oxygens (including phenoxy) is 1. The molecule has 2 aromatic carbocycles. The monoisotopic (exact) mass is 342 g/mol. The van der Waals surface area contributed by atoms with Crippen molar-refractivity contribution in [3.8, 4) is 5.75 Å². The number of hydrogen-bond acceptors (Lipinski definition) is 2. The molecular formula is C20H23ClN2O. The van der Waals surface area contributed by atoms with Crippen LogP contribution in [0.15, 0.2) is 30.3 Å². The summed E-state index contributed by atoms with van der Waals surface area (Å²) in [6, 6.07) is 10.2. The Labute approximate surface area is 148 Å². The molecule has 0 N–H and O–H groups in total. The Balaban J connectivity index is 1.66. The average molecular weight is 343 g/mol. The van der Waals surface area contributed by atoms with Gasteiger partial charge in [-0.2, -0.15) is 0 Å². The highest BCUT2D eigenvalue weighted by atomic mass is 35.5. The number of aromatic nitrogens is 2. The number of hydrogen-bond donors (Lipinski definition) is 0. The molecule has 0 aliphatic rings. The van der Waals surface area contributed by atoms with Crippen molar-refractivity contribution < 1.29 is 4.74 Å². The molecule has 1 aromatic heterocycles. The second kappa shape index (κ2) is 6.86. The van der Waals surface area contributed by atoms with Crippen LogP contribution in [0.1, 0.15) is 28.9 Å². The van der Waals surface area contributed by atoms with Gasteiger partial charge in [-0.25, -0.2) is 4.98 Å². The van der Waals surface area contributed by atoms with Crippen LogP contribution in [0.4, 0.5) is 0 Å². The van der Waals surface area contributed by atoms with Gasteiger partial charge in [0.15, 0.2) is 0 Å². The van der Waals surface area contributed by atoms with Gasteiger partial charge in [0.2, 0.25) is 0 Å². The predicted molar refractivity (Wildman–Crippen MR) is 100 cm³/mol. The standard InChI is InChI=1S/C20H23ClN2O/c1-13-11-19-20(12-14(13)2)23(16(4)22-19)8-5-9-24-17-6-7-18(21)15(3)10-17/h6-7,10-12H,5,8-9H2,1-4H3. The highest BCUT2D eigenvalue weighted by molar-refractivity contribution is 6.31. The first-order valence-corrected chi connectivity index (χ1v) is 8.66. The highest BCUT2D eigenvalue weighted by Gasteiger charge is 2.09. The number of imidazole rings is 1. The van der Waals surface area contributed by atoms with Crippen LogP contribution in [-0.2, 0) is 6.54 Å². The van der Waals surface area contributed by atoms with Crippen LogP contribution < -0.4 is 4.74 Å². The molecule has 126 valence electrons. The smallest absolute Gasteiger partial charge is 0.119 e. The fraction of sp³-hybridized carbons (Fsp3) is 0.350. The summed E-state index contributed by atoms with van der Waals surface area (Å²) in [6.07, 6.45) is 0.931. The first-order valence-electron chi connectivity index (χ1n) is 8.29. The van der Waals surface area contributed by atoms with E-state index in [1.165, 1.54) is 16.6 Å². The number of halogens is 1. The van der Waals surface area contributed by atoms with Gasteiger partial charge in [0.1, 0.15) is 11.6 Å². The van der Waals surface area contributed by atoms with E-state index in [1.54, 1.807) is 0 Å². The Morgan fingerprint density at radius 2 is 1.75 bits per heavy atom. The minimum absolute atomic E-state index is 0.672. The van der Waals surface area contributed by atoms with Crippen LogP contribution in [0.25, 0.3) is 11.0 Å². The Kier molecular flexibility index (Phi) is 4.81. The largest absolute Gasteiger partial charge is 0.494 e. The normalized spacial score (nSPS) is 11.2. The Bertz CT molecular complexity index is 883. The summed E-state index contributed by atoms with van der Waals surface area (Å²) in [5, 5.41) is 0.772. The topological polar surface area (TPSA) is 27.1 Å². The van der Waals surface area contributed by atoms with Crippen molar-refractivity contribution in [2.45, 2.75) is 40.7 Å². The van der Waals surface area contributed by atoms with Gasteiger partial charge in [-0.05, 0) is 81.1 Å². The van der Waals surface area contributed by atoms with Crippen LogP contribution in [0, 0.1) is 27.7 Å². The summed E-state index contributed by atoms with van der Waals surface area (Å²) >= 11 is 6.04. The lowest BCUT2D eigenvalue weighted by Gasteiger charge is -2.10. The summed E-state index contributed by atoms with van der Waals surface area (Å²) in [5.74, 6) is 1.92. The minimum Gasteiger partial charge on any atom is -0.494 e. The maximum Gasteiger partial charge on any atom is 0.119 e. The van der Waals surface area contributed by atoms with Gasteiger partial charge in [0, 0.05) is 11.6 Å². The number of nitrogens with zero attached hydrogens (tertiary/aromatic N) is 2. The van der Waals surface area contributed by atoms with E-state index in [0.29, 0.717) is 6.61 Å². The molecule has 3 nitrogen and oxygen atoms in total. The Hall–Kier alpha value is -2.00. The summed E-state index contributed by atoms with van der Waals surface area (Å²) in [6.45, 7) is 9.90. The van der Waals surface area contributed by atoms with Crippen LogP contribution >= 0.6 is 11.6 Å². The summed E-state index contributed by atoms with van der Waals surface area (Å²) in [7, 11) is 0. The fourth-order valence-corrected chi connectivity index (χ4v) is 3.02. The molecule has 0 aliphatic carbocycles. The number of fused-ring (bicyclic) bond motifs is 1. The molecule has 0 fully saturated rings. The molecule has 1 heterocycles. The lowest BCUT2D eigenvalue weighted by atomic mass is 10.1. The average Bonchev–Trinajstić information content (AvgIpc) is 2.83. The quantitative estimate of drug-likeness (QED) is 0.581. The zero-order chi connectivity index (χ0) is 17.3. The van der Waals surface area contributed by atoms with Crippen molar-refractivity contribution in [3.63, 3.8) is 0 Å². The van der Waals surface area contributed by atoms with Crippen molar-refractivity contribution in [2.75, 3.05) is 6.61 Å². The van der Waals surface area contributed by atoms with Gasteiger partial charge in [0.25, 0.3) is 0 Å². The molecule has 0 saturated carbocycles. The van der Waals surface area contributed by atoms with E-state index in [9.17, 15) is 0 Å². The zero-order valence-electron chi connectivity index (χ0n) is 14.7. The minimum atomic E-state index is 0.672. The maximum absolute atomic E-state index is 6.04. The molecule has 3 aromatic rings. The molecule has 0 spiro atoms. The van der Waals surface area contributed by atoms with Crippen LogP contribution in [0.2, 0.25) is 5.02 Å². The summed E-state index contributed by atoms with van der Waals surface area (Å²) in [5.41, 5.74) is 5.91. The van der Waals surface area contributed by atoms with Crippen molar-refractivity contribution in [1.29, 1.82) is 0 Å². The first-order chi connectivity index (χ1) is 11.5. The molecule has 0 atom stereocenters. The lowest BCUT2D eigenvalue weighted by molar-refractivity contribution is 0.302. The zero-order valence-corrected chi connectivity index (χ0v) is 15.4. The number of benzene rings is 2. The van der Waals surface area contributed by atoms with Crippen LogP contribution in [0.3, 0.4) is 0 Å². The molecule has 0 radical (unpaired) electrons. The van der Waals surface area contributed by atoms with Crippen LogP contribution in [0.5, 0.6) is 5.75 Å². The highest BCUT2D eigenvalue weighted by Crippen LogP contribution is 2.22. The van der Waals surface area contributed by atoms with Gasteiger partial charge in [-0.15, -0.1) is 0 Å². The molecule has 0 bridgehead atoms. The maximum atomic E-state index is 6.04. The van der Waals surface area contributed by atoms with Crippen molar-refractivity contribution >= 4 is 22.6 Å². The molecule has 0 amide bonds. The van der Waals surface area contributed by atoms with E-state index in [-0.39, 0.29) is 0 Å². The van der Waals surface area contributed by atoms with Crippen molar-refractivity contribution in [1.82, 2.24) is 9.55 Å². The first kappa shape index (κ1) is 16.8. The summed E-state index contributed by atoms with van der Waals surface area (Å²) < 4.78 is 8.12. The number of aryl methyl sites for hydroxylation is 5. The third-order valence-corrected chi connectivity index (χ3v) is 4.90. The van der Waals surface area contributed by atoms with E-state index in [1.807, 2.05) is 25.1 Å². The van der Waals surface area contributed by atoms with Gasteiger partial charge in [-0.3, -0.25) is 0 Å². The van der Waals surface area contributed by atoms with E-state index in [2.05, 4.69) is 42.5 Å². The van der Waals surface area contributed by atoms with Crippen molar-refractivity contribution in [2.24, 2.45) is 0 Å². The third kappa shape index (κ3) is 3.41. The van der Waals surface area contributed by atoms with E-state index in [4.69, 9.17) is 16.3 Å². The fourth-order valence-electron chi connectivity index (χ4n) is 2.90. The van der Waals surface area contributed by atoms with Crippen LogP contribution in [-0.4, -0.2) is 16.2 Å². The molecular weight excluding hydrogens is 320 g/mol. The molecule has 0 saturated heterocycles. The second-order valence-electron chi connectivity index (χ2n) is 6.35. The van der Waals surface area contributed by atoms with E-state index >= 15 is 0 Å². The Morgan fingerprint density at radius 1 is 1.00 bits per heavy atom. The third-order valence-electron chi connectivity index (χ3n) is 4.48. The van der Waals surface area contributed by atoms with Gasteiger partial charge >= 0.3 is 0 Å². The van der Waals surface area contributed by atoms with Crippen molar-refractivity contribution in [3.05, 3.63) is 57.9 Å². The SMILES string of the molecule is Cc1cc2nc(C)n(CCCOc3ccc(Cl)c(C)c3)c2cc1C. The molecule has 3 rings (SSSR count). The molecule has 4 heteroatoms. The van der Waals surface area contributed by atoms with E-state index < -0.39 is 0 Å². The lowest BCUT2D eigenvalue weighted by Crippen LogP contribution is -2.06. The Morgan fingerprint density at radius 3 is 2.50 bits per heavy atom. The molecule has 0 unspecified atom stereocenters. The van der Waals surface area contributed by atoms with E-state index in [0.717, 1.165) is 40.6 Å². The van der Waals surface area contributed by atoms with Gasteiger partial charge < -0.3 is 9.30 Å². The summed E-state index contributed by atoms with van der Waals surface area (Å²) in [4.78, 5) is 4.68. The molecule has 24 heavy (non-hydrogen) atoms. The van der Waals surface area contributed by atoms with Gasteiger partial charge in [0.05, 0.1) is 17.6 Å². The second-order valence-corrected chi connectivity index (χ2v) is 6.76. The van der Waals surface area contributed by atoms with Gasteiger partial charge in [-0.1, -0.05) is 11.6 Å². The predicted octanol–water partition coefficient (Wildman–Crippen LogP) is 5.39. The number of rotatable bonds is 5.